The van der Waals surface area contributed by atoms with E-state index < -0.39 is 16.1 Å². The summed E-state index contributed by atoms with van der Waals surface area (Å²) in [6.07, 6.45) is 14.8. The molecule has 0 aliphatic carbocycles. The van der Waals surface area contributed by atoms with E-state index in [0.29, 0.717) is 11.1 Å². The molecule has 2 nitrogen and oxygen atoms in total. The Hall–Kier alpha value is -1.79. The first-order valence-corrected chi connectivity index (χ1v) is 24.4. The fourth-order valence-electron chi connectivity index (χ4n) is 5.31. The smallest absolute Gasteiger partial charge is 0.0633 e. The number of nitrogens with zero attached hydrogens (tertiary/aromatic N) is 2. The molecule has 2 aromatic rings. The van der Waals surface area contributed by atoms with Crippen molar-refractivity contribution in [1.82, 2.24) is 0 Å². The summed E-state index contributed by atoms with van der Waals surface area (Å²) in [7, 11) is -2.48. The molecule has 0 radical (unpaired) electrons. The van der Waals surface area contributed by atoms with Gasteiger partial charge in [-0.05, 0) is 72.2 Å². The third kappa shape index (κ3) is 12.8. The lowest BCUT2D eigenvalue weighted by molar-refractivity contribution is 0.616. The van der Waals surface area contributed by atoms with Crippen LogP contribution in [-0.4, -0.2) is 27.6 Å². The highest BCUT2D eigenvalue weighted by molar-refractivity contribution is 6.77. The van der Waals surface area contributed by atoms with Gasteiger partial charge in [0.25, 0.3) is 0 Å². The summed E-state index contributed by atoms with van der Waals surface area (Å²) in [5.41, 5.74) is 8.72. The Morgan fingerprint density at radius 1 is 0.500 bits per heavy atom. The van der Waals surface area contributed by atoms with Crippen LogP contribution in [-0.2, 0) is 0 Å². The van der Waals surface area contributed by atoms with Crippen molar-refractivity contribution in [3.63, 3.8) is 0 Å². The van der Waals surface area contributed by atoms with Crippen LogP contribution in [0.2, 0.25) is 39.3 Å². The molecule has 0 aromatic heterocycles. The van der Waals surface area contributed by atoms with Crippen molar-refractivity contribution < 1.29 is 0 Å². The quantitative estimate of drug-likeness (QED) is 0.0865. The third-order valence-electron chi connectivity index (χ3n) is 9.28. The second-order valence-electron chi connectivity index (χ2n) is 14.8. The molecule has 42 heavy (non-hydrogen) atoms. The van der Waals surface area contributed by atoms with E-state index in [1.807, 2.05) is 0 Å². The zero-order chi connectivity index (χ0) is 31.2. The molecule has 0 amide bonds. The Labute approximate surface area is 263 Å². The van der Waals surface area contributed by atoms with Crippen LogP contribution in [0.3, 0.4) is 0 Å². The van der Waals surface area contributed by atoms with Gasteiger partial charge in [0, 0.05) is 0 Å². The average molecular weight is 605 g/mol. The second-order valence-corrected chi connectivity index (χ2v) is 26.0. The summed E-state index contributed by atoms with van der Waals surface area (Å²) in [6, 6.07) is 18.3. The molecule has 0 N–H and O–H groups in total. The Morgan fingerprint density at radius 3 is 1.14 bits per heavy atom. The third-order valence-corrected chi connectivity index (χ3v) is 15.1. The van der Waals surface area contributed by atoms with E-state index in [-0.39, 0.29) is 0 Å². The minimum absolute atomic E-state index is 0.639. The Morgan fingerprint density at radius 2 is 0.810 bits per heavy atom. The number of benzene rings is 2. The largest absolute Gasteiger partial charge is 0.252 e. The van der Waals surface area contributed by atoms with Crippen molar-refractivity contribution in [2.24, 2.45) is 9.98 Å². The van der Waals surface area contributed by atoms with Crippen LogP contribution in [0.4, 0.5) is 11.4 Å². The average Bonchev–Trinajstić information content (AvgIpc) is 2.95. The van der Waals surface area contributed by atoms with E-state index in [1.165, 1.54) is 86.8 Å². The molecule has 0 saturated carbocycles. The molecule has 2 atom stereocenters. The minimum Gasteiger partial charge on any atom is -0.252 e. The molecule has 4 heteroatoms. The van der Waals surface area contributed by atoms with Crippen LogP contribution in [0.15, 0.2) is 58.5 Å². The molecular weight excluding hydrogens is 541 g/mol. The van der Waals surface area contributed by atoms with Crippen molar-refractivity contribution in [3.8, 4) is 0 Å². The first kappa shape index (κ1) is 36.4. The molecule has 234 valence electrons. The topological polar surface area (TPSA) is 24.7 Å². The van der Waals surface area contributed by atoms with Gasteiger partial charge in [0.2, 0.25) is 0 Å². The van der Waals surface area contributed by atoms with Crippen molar-refractivity contribution >= 4 is 38.9 Å². The number of unbranched alkanes of at least 4 members (excludes halogenated alkanes) is 8. The van der Waals surface area contributed by atoms with Crippen molar-refractivity contribution in [2.75, 3.05) is 0 Å². The maximum absolute atomic E-state index is 5.33. The molecule has 0 saturated heterocycles. The monoisotopic (exact) mass is 604 g/mol. The molecule has 0 heterocycles. The van der Waals surface area contributed by atoms with E-state index in [1.54, 1.807) is 0 Å². The fraction of sp³-hybridized carbons (Fsp3) is 0.632. The van der Waals surface area contributed by atoms with Gasteiger partial charge in [0.1, 0.15) is 0 Å². The van der Waals surface area contributed by atoms with Crippen LogP contribution in [0.25, 0.3) is 0 Å². The highest BCUT2D eigenvalue weighted by Crippen LogP contribution is 2.30. The summed E-state index contributed by atoms with van der Waals surface area (Å²) in [4.78, 5) is 10.7. The molecule has 2 unspecified atom stereocenters. The van der Waals surface area contributed by atoms with Gasteiger partial charge in [-0.25, -0.2) is 0 Å². The van der Waals surface area contributed by atoms with Crippen LogP contribution in [0.1, 0.15) is 127 Å². The predicted molar refractivity (Wildman–Crippen MR) is 197 cm³/mol. The van der Waals surface area contributed by atoms with E-state index in [0.717, 1.165) is 24.2 Å². The molecule has 2 rings (SSSR count). The van der Waals surface area contributed by atoms with Gasteiger partial charge in [-0.1, -0.05) is 143 Å². The van der Waals surface area contributed by atoms with Crippen LogP contribution in [0.5, 0.6) is 0 Å². The van der Waals surface area contributed by atoms with Gasteiger partial charge in [-0.2, -0.15) is 0 Å². The van der Waals surface area contributed by atoms with Crippen LogP contribution >= 0.6 is 0 Å². The van der Waals surface area contributed by atoms with Crippen molar-refractivity contribution in [2.45, 2.75) is 155 Å². The molecule has 0 aliphatic heterocycles. The Kier molecular flexibility index (Phi) is 15.7. The molecule has 2 aromatic carbocycles. The lowest BCUT2D eigenvalue weighted by Crippen LogP contribution is -2.28. The van der Waals surface area contributed by atoms with Gasteiger partial charge in [-0.3, -0.25) is 9.98 Å². The number of hydrogen-bond acceptors (Lipinski definition) is 2. The maximum Gasteiger partial charge on any atom is 0.0633 e. The SMILES string of the molecule is CCCCCCCCC(=Nc1ccc(C(C)[Si](C)(C)C)cc1)C(CCCCCC)=Nc1ccc(C(C)[Si](C)(C)C)cc1. The zero-order valence-electron chi connectivity index (χ0n) is 29.2. The predicted octanol–water partition coefficient (Wildman–Crippen LogP) is 13.2. The standard InChI is InChI=1S/C38H64N2Si2/c1-11-13-15-17-18-20-22-38(40-36-29-25-34(26-30-36)32(4)42(8,9)10)37(21-19-16-14-12-2)39-35-27-23-33(24-28-35)31(3)41(5,6)7/h23-32H,11-22H2,1-10H3. The minimum atomic E-state index is -1.24. The first-order valence-electron chi connectivity index (χ1n) is 17.2. The molecule has 0 spiro atoms. The summed E-state index contributed by atoms with van der Waals surface area (Å²) in [6.45, 7) is 24.1. The number of hydrogen-bond donors (Lipinski definition) is 0. The molecule has 0 fully saturated rings. The highest BCUT2D eigenvalue weighted by Gasteiger charge is 2.24. The Bertz CT molecular complexity index is 1090. The highest BCUT2D eigenvalue weighted by atomic mass is 28.3. The summed E-state index contributed by atoms with van der Waals surface area (Å²) in [5.74, 6) is 0. The van der Waals surface area contributed by atoms with Crippen molar-refractivity contribution in [1.29, 1.82) is 0 Å². The van der Waals surface area contributed by atoms with Gasteiger partial charge in [0.15, 0.2) is 0 Å². The summed E-state index contributed by atoms with van der Waals surface area (Å²) < 4.78 is 0. The normalized spacial score (nSPS) is 14.7. The molecule has 0 bridgehead atoms. The maximum atomic E-state index is 5.33. The van der Waals surface area contributed by atoms with E-state index >= 15 is 0 Å². The lowest BCUT2D eigenvalue weighted by Gasteiger charge is -2.25. The number of aliphatic imine (C=N–C) groups is 2. The van der Waals surface area contributed by atoms with E-state index in [2.05, 4.69) is 116 Å². The van der Waals surface area contributed by atoms with E-state index in [4.69, 9.17) is 9.98 Å². The van der Waals surface area contributed by atoms with Crippen LogP contribution in [0, 0.1) is 0 Å². The van der Waals surface area contributed by atoms with Gasteiger partial charge < -0.3 is 0 Å². The summed E-state index contributed by atoms with van der Waals surface area (Å²) in [5, 5.41) is 0. The summed E-state index contributed by atoms with van der Waals surface area (Å²) >= 11 is 0. The first-order chi connectivity index (χ1) is 19.9. The van der Waals surface area contributed by atoms with Gasteiger partial charge >= 0.3 is 0 Å². The van der Waals surface area contributed by atoms with Gasteiger partial charge in [-0.15, -0.1) is 0 Å². The van der Waals surface area contributed by atoms with Crippen molar-refractivity contribution in [3.05, 3.63) is 59.7 Å². The van der Waals surface area contributed by atoms with Crippen LogP contribution < -0.4 is 0 Å². The molecule has 0 aliphatic rings. The number of rotatable bonds is 19. The lowest BCUT2D eigenvalue weighted by atomic mass is 10.00. The second kappa shape index (κ2) is 18.1. The van der Waals surface area contributed by atoms with Gasteiger partial charge in [0.05, 0.1) is 38.9 Å². The Balaban J connectivity index is 2.42. The zero-order valence-corrected chi connectivity index (χ0v) is 31.2. The van der Waals surface area contributed by atoms with E-state index in [9.17, 15) is 0 Å². The molecular formula is C38H64N2Si2. The fourth-order valence-corrected chi connectivity index (χ4v) is 7.69.